The number of aryl methyl sites for hydroxylation is 3. The molecule has 0 saturated carbocycles. The minimum atomic E-state index is -4.03. The third-order valence-corrected chi connectivity index (χ3v) is 7.87. The van der Waals surface area contributed by atoms with E-state index in [0.717, 1.165) is 21.0 Å². The van der Waals surface area contributed by atoms with E-state index in [1.54, 1.807) is 60.7 Å². The van der Waals surface area contributed by atoms with Crippen LogP contribution in [-0.4, -0.2) is 39.6 Å². The number of carbonyl (C=O) groups is 2. The van der Waals surface area contributed by atoms with E-state index >= 15 is 0 Å². The van der Waals surface area contributed by atoms with E-state index in [9.17, 15) is 18.0 Å². The van der Waals surface area contributed by atoms with Gasteiger partial charge in [0.05, 0.1) is 29.6 Å². The van der Waals surface area contributed by atoms with Crippen LogP contribution >= 0.6 is 0 Å². The molecule has 4 rings (SSSR count). The Morgan fingerprint density at radius 1 is 0.905 bits per heavy atom. The first-order valence-electron chi connectivity index (χ1n) is 13.1. The lowest BCUT2D eigenvalue weighted by Gasteiger charge is -2.24. The number of ether oxygens (including phenoxy) is 1. The number of hydrogen-bond donors (Lipinski definition) is 2. The van der Waals surface area contributed by atoms with Gasteiger partial charge in [-0.15, -0.1) is 0 Å². The lowest BCUT2D eigenvalue weighted by molar-refractivity contribution is -0.123. The summed E-state index contributed by atoms with van der Waals surface area (Å²) in [5.41, 5.74) is 6.11. The lowest BCUT2D eigenvalue weighted by atomic mass is 10.1. The Morgan fingerprint density at radius 3 is 2.24 bits per heavy atom. The smallest absolute Gasteiger partial charge is 0.264 e. The van der Waals surface area contributed by atoms with Gasteiger partial charge in [0.2, 0.25) is 0 Å². The van der Waals surface area contributed by atoms with Crippen molar-refractivity contribution in [3.05, 3.63) is 113 Å². The van der Waals surface area contributed by atoms with E-state index in [2.05, 4.69) is 15.8 Å². The number of hydrazone groups is 1. The van der Waals surface area contributed by atoms with Crippen LogP contribution in [0.15, 0.2) is 99.5 Å². The summed E-state index contributed by atoms with van der Waals surface area (Å²) in [5.74, 6) is 0.222. The zero-order valence-corrected chi connectivity index (χ0v) is 24.4. The van der Waals surface area contributed by atoms with E-state index in [-0.39, 0.29) is 24.0 Å². The Bertz CT molecular complexity index is 1630. The van der Waals surface area contributed by atoms with Gasteiger partial charge in [0.25, 0.3) is 21.8 Å². The highest BCUT2D eigenvalue weighted by Gasteiger charge is 2.27. The Kier molecular flexibility index (Phi) is 9.77. The highest BCUT2D eigenvalue weighted by atomic mass is 32.2. The quantitative estimate of drug-likeness (QED) is 0.188. The number of sulfonamides is 1. The number of anilines is 1. The summed E-state index contributed by atoms with van der Waals surface area (Å²) in [6.45, 7) is 5.25. The van der Waals surface area contributed by atoms with Crippen molar-refractivity contribution in [2.75, 3.05) is 17.5 Å². The van der Waals surface area contributed by atoms with Crippen LogP contribution in [0.3, 0.4) is 0 Å². The highest BCUT2D eigenvalue weighted by Crippen LogP contribution is 2.26. The second kappa shape index (κ2) is 13.6. The van der Waals surface area contributed by atoms with Gasteiger partial charge in [-0.3, -0.25) is 13.9 Å². The summed E-state index contributed by atoms with van der Waals surface area (Å²) >= 11 is 0. The van der Waals surface area contributed by atoms with Crippen molar-refractivity contribution in [2.24, 2.45) is 5.10 Å². The minimum absolute atomic E-state index is 0.0841. The third-order valence-electron chi connectivity index (χ3n) is 6.08. The van der Waals surface area contributed by atoms with Crippen molar-refractivity contribution >= 4 is 33.7 Å². The molecular formula is C31H32N4O6S. The molecule has 0 spiro atoms. The monoisotopic (exact) mass is 588 g/mol. The standard InChI is InChI=1S/C31H32N4O6S/c1-22-6-12-29(13-7-22)42(38,39)35(26-16-23(2)15-24(3)17-26)20-30(36)34-33-18-25-8-10-27(11-9-25)41-21-31(37)32-19-28-5-4-14-40-28/h4-18H,19-21H2,1-3H3,(H,32,37)(H,34,36)/b33-18-. The maximum atomic E-state index is 13.6. The van der Waals surface area contributed by atoms with E-state index in [1.165, 1.54) is 24.6 Å². The molecule has 0 bridgehead atoms. The molecule has 42 heavy (non-hydrogen) atoms. The van der Waals surface area contributed by atoms with Crippen LogP contribution in [0.4, 0.5) is 5.69 Å². The highest BCUT2D eigenvalue weighted by molar-refractivity contribution is 7.92. The van der Waals surface area contributed by atoms with Gasteiger partial charge in [-0.2, -0.15) is 5.10 Å². The molecule has 0 aliphatic carbocycles. The zero-order valence-electron chi connectivity index (χ0n) is 23.5. The van der Waals surface area contributed by atoms with Gasteiger partial charge in [0, 0.05) is 0 Å². The van der Waals surface area contributed by atoms with Crippen molar-refractivity contribution in [2.45, 2.75) is 32.2 Å². The summed E-state index contributed by atoms with van der Waals surface area (Å²) < 4.78 is 38.9. The predicted molar refractivity (Wildman–Crippen MR) is 160 cm³/mol. The molecule has 11 heteroatoms. The largest absolute Gasteiger partial charge is 0.484 e. The molecule has 3 aromatic carbocycles. The fourth-order valence-electron chi connectivity index (χ4n) is 4.04. The summed E-state index contributed by atoms with van der Waals surface area (Å²) in [6.07, 6.45) is 2.96. The van der Waals surface area contributed by atoms with Crippen molar-refractivity contribution < 1.29 is 27.2 Å². The molecule has 0 atom stereocenters. The van der Waals surface area contributed by atoms with Crippen molar-refractivity contribution in [3.8, 4) is 5.75 Å². The van der Waals surface area contributed by atoms with Crippen molar-refractivity contribution in [1.29, 1.82) is 0 Å². The van der Waals surface area contributed by atoms with Gasteiger partial charge in [-0.25, -0.2) is 13.8 Å². The topological polar surface area (TPSA) is 130 Å². The SMILES string of the molecule is Cc1ccc(S(=O)(=O)N(CC(=O)N/N=C\c2ccc(OCC(=O)NCc3ccco3)cc2)c2cc(C)cc(C)c2)cc1. The maximum Gasteiger partial charge on any atom is 0.264 e. The molecule has 0 aliphatic heterocycles. The molecule has 218 valence electrons. The Hall–Kier alpha value is -4.90. The van der Waals surface area contributed by atoms with Gasteiger partial charge < -0.3 is 14.5 Å². The van der Waals surface area contributed by atoms with Gasteiger partial charge in [-0.05, 0) is 98.1 Å². The number of rotatable bonds is 12. The second-order valence-corrected chi connectivity index (χ2v) is 11.5. The molecule has 0 saturated heterocycles. The first-order chi connectivity index (χ1) is 20.1. The number of amides is 2. The van der Waals surface area contributed by atoms with E-state index in [1.807, 2.05) is 26.8 Å². The zero-order chi connectivity index (χ0) is 30.1. The molecule has 10 nitrogen and oxygen atoms in total. The van der Waals surface area contributed by atoms with Crippen molar-refractivity contribution in [3.63, 3.8) is 0 Å². The number of nitrogens with zero attached hydrogens (tertiary/aromatic N) is 2. The van der Waals surface area contributed by atoms with E-state index in [4.69, 9.17) is 9.15 Å². The van der Waals surface area contributed by atoms with Gasteiger partial charge in [0.15, 0.2) is 6.61 Å². The Labute approximate surface area is 245 Å². The van der Waals surface area contributed by atoms with E-state index < -0.39 is 22.5 Å². The molecule has 0 radical (unpaired) electrons. The van der Waals surface area contributed by atoms with Crippen LogP contribution in [0, 0.1) is 20.8 Å². The summed E-state index contributed by atoms with van der Waals surface area (Å²) in [6, 6.07) is 22.1. The summed E-state index contributed by atoms with van der Waals surface area (Å²) in [5, 5.41) is 6.68. The van der Waals surface area contributed by atoms with Gasteiger partial charge >= 0.3 is 0 Å². The van der Waals surface area contributed by atoms with Crippen LogP contribution in [0.25, 0.3) is 0 Å². The van der Waals surface area contributed by atoms with Crippen molar-refractivity contribution in [1.82, 2.24) is 10.7 Å². The summed E-state index contributed by atoms with van der Waals surface area (Å²) in [4.78, 5) is 24.9. The number of nitrogens with one attached hydrogen (secondary N) is 2. The fourth-order valence-corrected chi connectivity index (χ4v) is 5.45. The third kappa shape index (κ3) is 8.31. The number of carbonyl (C=O) groups excluding carboxylic acids is 2. The number of furan rings is 1. The second-order valence-electron chi connectivity index (χ2n) is 9.68. The predicted octanol–water partition coefficient (Wildman–Crippen LogP) is 4.25. The molecule has 0 fully saturated rings. The molecule has 0 aliphatic rings. The molecule has 2 N–H and O–H groups in total. The Balaban J connectivity index is 1.36. The molecular weight excluding hydrogens is 556 g/mol. The first-order valence-corrected chi connectivity index (χ1v) is 14.6. The normalized spacial score (nSPS) is 11.3. The van der Waals surface area contributed by atoms with Gasteiger partial charge in [0.1, 0.15) is 18.1 Å². The number of benzene rings is 3. The minimum Gasteiger partial charge on any atom is -0.484 e. The van der Waals surface area contributed by atoms with Crippen LogP contribution < -0.4 is 19.8 Å². The van der Waals surface area contributed by atoms with Crippen LogP contribution in [0.5, 0.6) is 5.75 Å². The molecule has 4 aromatic rings. The molecule has 1 aromatic heterocycles. The van der Waals surface area contributed by atoms with Crippen LogP contribution in [0.2, 0.25) is 0 Å². The van der Waals surface area contributed by atoms with Crippen LogP contribution in [0.1, 0.15) is 28.0 Å². The maximum absolute atomic E-state index is 13.6. The molecule has 1 heterocycles. The fraction of sp³-hybridized carbons (Fsp3) is 0.194. The lowest BCUT2D eigenvalue weighted by Crippen LogP contribution is -2.39. The Morgan fingerprint density at radius 2 is 1.60 bits per heavy atom. The number of hydrogen-bond acceptors (Lipinski definition) is 7. The first kappa shape index (κ1) is 30.1. The van der Waals surface area contributed by atoms with Crippen LogP contribution in [-0.2, 0) is 26.2 Å². The molecule has 0 unspecified atom stereocenters. The van der Waals surface area contributed by atoms with E-state index in [0.29, 0.717) is 22.8 Å². The summed E-state index contributed by atoms with van der Waals surface area (Å²) in [7, 11) is -4.03. The van der Waals surface area contributed by atoms with Gasteiger partial charge in [-0.1, -0.05) is 23.8 Å². The average Bonchev–Trinajstić information content (AvgIpc) is 3.48. The average molecular weight is 589 g/mol. The molecule has 2 amide bonds.